The summed E-state index contributed by atoms with van der Waals surface area (Å²) in [7, 11) is 3.30. The third kappa shape index (κ3) is 20.6. The third-order valence-electron chi connectivity index (χ3n) is 23.8. The van der Waals surface area contributed by atoms with E-state index in [0.29, 0.717) is 114 Å². The van der Waals surface area contributed by atoms with Gasteiger partial charge in [0, 0.05) is 93.5 Å². The van der Waals surface area contributed by atoms with Crippen molar-refractivity contribution in [3.05, 3.63) is 376 Å². The van der Waals surface area contributed by atoms with Gasteiger partial charge in [0.15, 0.2) is 0 Å². The van der Waals surface area contributed by atoms with Crippen molar-refractivity contribution in [1.82, 2.24) is 101 Å². The fraction of sp³-hybridized carbons (Fsp3) is 0.0708. The molecule has 0 atom stereocenters. The summed E-state index contributed by atoms with van der Waals surface area (Å²) in [6, 6.07) is 96.9. The van der Waals surface area contributed by atoms with Crippen LogP contribution in [0.5, 0.6) is 11.5 Å². The van der Waals surface area contributed by atoms with E-state index in [9.17, 15) is 13.2 Å². The number of aromatic nitrogens is 20. The number of rotatable bonds is 17. The first-order valence-corrected chi connectivity index (χ1v) is 46.4. The molecule has 10 heterocycles. The van der Waals surface area contributed by atoms with Gasteiger partial charge in [0.05, 0.1) is 69.4 Å². The number of aromatic amines is 5. The molecule has 0 radical (unpaired) electrons. The molecule has 0 fully saturated rings. The molecule has 0 aliphatic rings. The van der Waals surface area contributed by atoms with Gasteiger partial charge in [-0.1, -0.05) is 223 Å². The Morgan fingerprint density at radius 3 is 0.814 bits per heavy atom. The number of nitrogens with one attached hydrogen (secondary N) is 5. The van der Waals surface area contributed by atoms with Crippen molar-refractivity contribution in [3.63, 3.8) is 0 Å². The molecular weight excluding hydrogens is 1880 g/mol. The van der Waals surface area contributed by atoms with Crippen LogP contribution in [0, 0.1) is 59.0 Å². The minimum Gasteiger partial charge on any atom is -0.496 e. The van der Waals surface area contributed by atoms with Crippen molar-refractivity contribution in [3.8, 4) is 183 Å². The van der Waals surface area contributed by atoms with Gasteiger partial charge in [-0.25, -0.2) is 38.1 Å². The third-order valence-corrected chi connectivity index (χ3v) is 24.2. The van der Waals surface area contributed by atoms with Crippen LogP contribution in [0.4, 0.5) is 13.2 Å². The highest BCUT2D eigenvalue weighted by Crippen LogP contribution is 2.38. The van der Waals surface area contributed by atoms with Crippen LogP contribution in [0.1, 0.15) is 33.4 Å². The first kappa shape index (κ1) is 92.7. The number of nitrogens with zero attached hydrogens (tertiary/aromatic N) is 15. The summed E-state index contributed by atoms with van der Waals surface area (Å²) in [5.74, 6) is 9.41. The lowest BCUT2D eigenvalue weighted by Crippen LogP contribution is -1.92. The Balaban J connectivity index is 0.000000107. The Labute approximate surface area is 833 Å². The van der Waals surface area contributed by atoms with Gasteiger partial charge in [0.2, 0.25) is 29.1 Å². The van der Waals surface area contributed by atoms with E-state index in [1.54, 1.807) is 32.4 Å². The fourth-order valence-corrected chi connectivity index (χ4v) is 16.9. The number of imidazole rings is 5. The molecule has 0 saturated carbocycles. The van der Waals surface area contributed by atoms with E-state index in [1.165, 1.54) is 42.0 Å². The van der Waals surface area contributed by atoms with E-state index < -0.39 is 0 Å². The first-order valence-electron chi connectivity index (χ1n) is 45.6. The SMILES string of the molecule is COc1c(C)cc(-c2nc(-c3ccc(-c4nc5ccc(F)cc5[nH]4)cc3)no2)cc1C.COc1ccc(-c2nc(-c3ccc(-c4nc5ccc(F)cc5[nH]4)cc3)no2)cc1C.Cc1cc(C)cc(-c2nc(-c3ccc(-c4nc5ccc(F)cc5[nH]4)cc3)no2)c1.Cc1ccc(-c2nc(-c3ccc(-c4nc5ccc(Cl)cc5[nH]4)cc3)no2)cc1.Clc1ccc2nc(-c3ccc(-c4noc(-c5ccccc5)n4)cc3)[nH]c2c1. The highest BCUT2D eigenvalue weighted by molar-refractivity contribution is 6.31. The van der Waals surface area contributed by atoms with Gasteiger partial charge in [-0.2, -0.15) is 24.9 Å². The quantitative estimate of drug-likeness (QED) is 0.0565. The zero-order chi connectivity index (χ0) is 99.5. The van der Waals surface area contributed by atoms with E-state index >= 15 is 0 Å². The van der Waals surface area contributed by atoms with Gasteiger partial charge >= 0.3 is 0 Å². The van der Waals surface area contributed by atoms with Crippen LogP contribution in [0.15, 0.2) is 338 Å². The molecule has 5 N–H and O–H groups in total. The number of methoxy groups -OCH3 is 2. The second-order valence-corrected chi connectivity index (χ2v) is 35.0. The number of aryl methyl sites for hydroxylation is 6. The zero-order valence-corrected chi connectivity index (χ0v) is 80.0. The Hall–Kier alpha value is -18.7. The molecule has 145 heavy (non-hydrogen) atoms. The lowest BCUT2D eigenvalue weighted by molar-refractivity contribution is 0.408. The van der Waals surface area contributed by atoms with Crippen LogP contribution >= 0.6 is 23.2 Å². The van der Waals surface area contributed by atoms with E-state index in [-0.39, 0.29) is 17.5 Å². The number of fused-ring (bicyclic) bond motifs is 5. The summed E-state index contributed by atoms with van der Waals surface area (Å²) in [5.41, 5.74) is 27.4. The molecule has 0 unspecified atom stereocenters. The van der Waals surface area contributed by atoms with Crippen LogP contribution < -0.4 is 9.47 Å². The second-order valence-electron chi connectivity index (χ2n) is 34.2. The molecule has 0 bridgehead atoms. The number of ether oxygens (including phenoxy) is 2. The largest absolute Gasteiger partial charge is 0.496 e. The predicted molar refractivity (Wildman–Crippen MR) is 553 cm³/mol. The molecule has 25 aromatic rings. The molecule has 10 aromatic heterocycles. The number of H-pyrrole nitrogens is 5. The average molecular weight is 1960 g/mol. The Kier molecular flexibility index (Phi) is 25.7. The van der Waals surface area contributed by atoms with Crippen molar-refractivity contribution >= 4 is 78.4 Å². The number of halogens is 5. The maximum Gasteiger partial charge on any atom is 0.258 e. The van der Waals surface area contributed by atoms with Crippen molar-refractivity contribution in [2.45, 2.75) is 41.5 Å². The van der Waals surface area contributed by atoms with Gasteiger partial charge in [-0.05, 0) is 216 Å². The van der Waals surface area contributed by atoms with Gasteiger partial charge in [-0.3, -0.25) is 0 Å². The number of hydrogen-bond acceptors (Lipinski definition) is 22. The Morgan fingerprint density at radius 2 is 0.497 bits per heavy atom. The van der Waals surface area contributed by atoms with E-state index in [4.69, 9.17) is 55.3 Å². The molecule has 32 heteroatoms. The molecule has 27 nitrogen and oxygen atoms in total. The van der Waals surface area contributed by atoms with Crippen LogP contribution in [-0.2, 0) is 0 Å². The lowest BCUT2D eigenvalue weighted by Gasteiger charge is -2.09. The molecule has 0 spiro atoms. The molecular formula is C113H81Cl2F3N20O7. The van der Waals surface area contributed by atoms with E-state index in [0.717, 1.165) is 162 Å². The van der Waals surface area contributed by atoms with Crippen LogP contribution in [0.3, 0.4) is 0 Å². The molecule has 0 aliphatic heterocycles. The smallest absolute Gasteiger partial charge is 0.258 e. The number of benzene rings is 15. The summed E-state index contributed by atoms with van der Waals surface area (Å²) < 4.78 is 78.1. The molecule has 0 saturated heterocycles. The Morgan fingerprint density at radius 1 is 0.228 bits per heavy atom. The molecule has 15 aromatic carbocycles. The van der Waals surface area contributed by atoms with Crippen LogP contribution in [0.25, 0.3) is 226 Å². The summed E-state index contributed by atoms with van der Waals surface area (Å²) in [6.07, 6.45) is 0. The number of hydrogen-bond donors (Lipinski definition) is 5. The maximum atomic E-state index is 13.4. The lowest BCUT2D eigenvalue weighted by atomic mass is 10.1. The molecule has 710 valence electrons. The van der Waals surface area contributed by atoms with Gasteiger partial charge in [0.1, 0.15) is 58.1 Å². The normalized spacial score (nSPS) is 11.2. The second kappa shape index (κ2) is 40.3. The predicted octanol–water partition coefficient (Wildman–Crippen LogP) is 28.3. The molecule has 0 amide bonds. The monoisotopic (exact) mass is 1960 g/mol. The summed E-state index contributed by atoms with van der Waals surface area (Å²) in [5, 5.41) is 21.9. The maximum absolute atomic E-state index is 13.4. The van der Waals surface area contributed by atoms with Crippen molar-refractivity contribution in [1.29, 1.82) is 0 Å². The molecule has 0 aliphatic carbocycles. The minimum absolute atomic E-state index is 0.292. The highest BCUT2D eigenvalue weighted by atomic mass is 35.5. The van der Waals surface area contributed by atoms with Gasteiger partial charge in [-0.15, -0.1) is 0 Å². The van der Waals surface area contributed by atoms with Crippen molar-refractivity contribution in [2.24, 2.45) is 0 Å². The highest BCUT2D eigenvalue weighted by Gasteiger charge is 2.22. The summed E-state index contributed by atoms with van der Waals surface area (Å²) >= 11 is 12.1. The average Bonchev–Trinajstić information content (AvgIpc) is 1.68. The van der Waals surface area contributed by atoms with E-state index in [2.05, 4.69) is 107 Å². The van der Waals surface area contributed by atoms with Crippen molar-refractivity contribution < 1.29 is 45.3 Å². The summed E-state index contributed by atoms with van der Waals surface area (Å²) in [4.78, 5) is 61.4. The van der Waals surface area contributed by atoms with Gasteiger partial charge in [0.25, 0.3) is 29.5 Å². The van der Waals surface area contributed by atoms with E-state index in [1.807, 2.05) is 296 Å². The van der Waals surface area contributed by atoms with Gasteiger partial charge < -0.3 is 57.0 Å². The molecule has 25 rings (SSSR count). The fourth-order valence-electron chi connectivity index (χ4n) is 16.6. The Bertz CT molecular complexity index is 8960. The zero-order valence-electron chi connectivity index (χ0n) is 78.5. The van der Waals surface area contributed by atoms with Crippen LogP contribution in [-0.4, -0.2) is 115 Å². The standard InChI is InChI=1S/C24H19FN4O2.C23H17FN4O2.C23H17FN4O.C22H15ClN4O.C21H13ClN4O/c1-13-10-17(11-14(2)21(13)30-3)24-28-23(29-31-24)16-6-4-15(5-7-16)22-26-19-9-8-18(25)12-20(19)27-22;1-13-11-16(7-10-20(13)29-2)23-27-22(28-30-23)15-5-3-14(4-6-15)21-25-18-9-8-17(24)12-19(18)26-21;1-13-9-14(2)11-17(10-13)23-27-22(28-29-23)16-5-3-15(4-6-16)21-25-19-8-7-18(24)12-20(19)26-21;1-13-2-4-16(5-3-13)22-26-21(27-28-22)15-8-6-14(7-9-15)20-24-18-11-10-17(23)12-19(18)25-20;22-16-10-11-17-18(12-16)24-19(23-17)13-6-8-14(9-7-13)20-25-21(27-26-20)15-4-2-1-3-5-15/h4-12H,1-3H3,(H,26,27);3-12H,1-2H3,(H,25,26);3-12H,1-2H3,(H,25,26);2-12H,1H3,(H,24,25);1-12H,(H,23,24). The van der Waals surface area contributed by atoms with Crippen molar-refractivity contribution in [2.75, 3.05) is 14.2 Å². The topological polar surface area (TPSA) is 356 Å². The summed E-state index contributed by atoms with van der Waals surface area (Å²) in [6.45, 7) is 12.1. The van der Waals surface area contributed by atoms with Crippen LogP contribution in [0.2, 0.25) is 10.0 Å². The first-order chi connectivity index (χ1) is 70.6. The minimum atomic E-state index is -0.298.